The van der Waals surface area contributed by atoms with Crippen molar-refractivity contribution in [1.82, 2.24) is 10.1 Å². The second-order valence-electron chi connectivity index (χ2n) is 6.65. The molecule has 1 N–H and O–H groups in total. The predicted octanol–water partition coefficient (Wildman–Crippen LogP) is 5.55. The maximum atomic E-state index is 12.6. The number of benzene rings is 2. The molecule has 0 unspecified atom stereocenters. The van der Waals surface area contributed by atoms with Crippen LogP contribution in [-0.4, -0.2) is 16.0 Å². The van der Waals surface area contributed by atoms with Crippen molar-refractivity contribution in [3.05, 3.63) is 89.2 Å². The maximum absolute atomic E-state index is 12.6. The molecule has 0 saturated heterocycles. The van der Waals surface area contributed by atoms with Crippen LogP contribution in [0.25, 0.3) is 22.4 Å². The van der Waals surface area contributed by atoms with Gasteiger partial charge in [0.15, 0.2) is 0 Å². The summed E-state index contributed by atoms with van der Waals surface area (Å²) in [6, 6.07) is 18.9. The number of aryl methyl sites for hydroxylation is 1. The van der Waals surface area contributed by atoms with Crippen LogP contribution in [0.5, 0.6) is 0 Å². The highest BCUT2D eigenvalue weighted by Crippen LogP contribution is 2.37. The van der Waals surface area contributed by atoms with E-state index >= 15 is 0 Å². The van der Waals surface area contributed by atoms with E-state index in [9.17, 15) is 4.79 Å². The number of anilines is 1. The number of hydrogen-bond donors (Lipinski definition) is 1. The van der Waals surface area contributed by atoms with Gasteiger partial charge in [-0.3, -0.25) is 15.1 Å². The zero-order valence-corrected chi connectivity index (χ0v) is 16.5. The van der Waals surface area contributed by atoms with E-state index in [0.29, 0.717) is 22.2 Å². The Bertz CT molecular complexity index is 1140. The Labute approximate surface area is 173 Å². The van der Waals surface area contributed by atoms with Crippen molar-refractivity contribution in [2.45, 2.75) is 13.3 Å². The molecule has 4 rings (SSSR count). The Morgan fingerprint density at radius 3 is 2.45 bits per heavy atom. The third kappa shape index (κ3) is 4.20. The summed E-state index contributed by atoms with van der Waals surface area (Å²) in [6.07, 6.45) is 3.52. The van der Waals surface area contributed by atoms with Crippen molar-refractivity contribution >= 4 is 23.4 Å². The highest BCUT2D eigenvalue weighted by Gasteiger charge is 2.21. The van der Waals surface area contributed by atoms with E-state index in [1.807, 2.05) is 61.5 Å². The Kier molecular flexibility index (Phi) is 5.40. The molecule has 0 aliphatic carbocycles. The second kappa shape index (κ2) is 8.29. The molecule has 0 bridgehead atoms. The average molecular weight is 404 g/mol. The smallest absolute Gasteiger partial charge is 0.239 e. The van der Waals surface area contributed by atoms with Gasteiger partial charge in [-0.25, -0.2) is 0 Å². The summed E-state index contributed by atoms with van der Waals surface area (Å²) in [7, 11) is 0. The zero-order valence-electron chi connectivity index (χ0n) is 15.7. The first-order valence-corrected chi connectivity index (χ1v) is 9.50. The Hall–Kier alpha value is -3.44. The van der Waals surface area contributed by atoms with E-state index in [2.05, 4.69) is 15.5 Å². The molecular formula is C23H18ClN3O2. The number of pyridine rings is 1. The minimum atomic E-state index is -0.236. The number of rotatable bonds is 5. The van der Waals surface area contributed by atoms with Crippen molar-refractivity contribution in [1.29, 1.82) is 0 Å². The average Bonchev–Trinajstić information content (AvgIpc) is 3.14. The van der Waals surface area contributed by atoms with E-state index in [1.165, 1.54) is 0 Å². The fourth-order valence-electron chi connectivity index (χ4n) is 3.06. The first-order valence-electron chi connectivity index (χ1n) is 9.12. The highest BCUT2D eigenvalue weighted by atomic mass is 35.5. The lowest BCUT2D eigenvalue weighted by molar-refractivity contribution is -0.115. The molecule has 5 nitrogen and oxygen atoms in total. The number of carbonyl (C=O) groups excluding carboxylic acids is 1. The van der Waals surface area contributed by atoms with Crippen LogP contribution in [0.3, 0.4) is 0 Å². The topological polar surface area (TPSA) is 68.0 Å². The lowest BCUT2D eigenvalue weighted by Gasteiger charge is -2.07. The van der Waals surface area contributed by atoms with Crippen LogP contribution in [0.1, 0.15) is 11.1 Å². The van der Waals surface area contributed by atoms with Crippen LogP contribution in [0.4, 0.5) is 5.88 Å². The number of nitrogens with one attached hydrogen (secondary N) is 1. The number of amides is 1. The molecule has 0 fully saturated rings. The Balaban J connectivity index is 1.69. The molecular weight excluding hydrogens is 386 g/mol. The number of nitrogens with zero attached hydrogens (tertiary/aromatic N) is 2. The van der Waals surface area contributed by atoms with E-state index in [4.69, 9.17) is 16.1 Å². The number of aromatic nitrogens is 2. The monoisotopic (exact) mass is 403 g/mol. The van der Waals surface area contributed by atoms with Gasteiger partial charge in [0.05, 0.1) is 12.0 Å². The van der Waals surface area contributed by atoms with Gasteiger partial charge in [0, 0.05) is 23.0 Å². The molecule has 144 valence electrons. The molecule has 0 saturated carbocycles. The summed E-state index contributed by atoms with van der Waals surface area (Å²) in [4.78, 5) is 16.7. The summed E-state index contributed by atoms with van der Waals surface area (Å²) in [5, 5.41) is 7.62. The van der Waals surface area contributed by atoms with Crippen LogP contribution < -0.4 is 5.32 Å². The van der Waals surface area contributed by atoms with E-state index in [1.54, 1.807) is 18.5 Å². The Morgan fingerprint density at radius 1 is 1.00 bits per heavy atom. The van der Waals surface area contributed by atoms with Gasteiger partial charge in [0.25, 0.3) is 0 Å². The van der Waals surface area contributed by atoms with Gasteiger partial charge in [-0.2, -0.15) is 0 Å². The number of carbonyl (C=O) groups is 1. The predicted molar refractivity (Wildman–Crippen MR) is 114 cm³/mol. The summed E-state index contributed by atoms with van der Waals surface area (Å²) < 4.78 is 5.54. The standard InChI is InChI=1S/C23H18ClN3O2/c1-15-6-8-17(9-7-15)22-21(16-10-12-25-13-11-16)23(29-27-22)26-20(28)14-18-4-2-3-5-19(18)24/h2-13H,14H2,1H3,(H,26,28). The molecule has 29 heavy (non-hydrogen) atoms. The summed E-state index contributed by atoms with van der Waals surface area (Å²) in [5.41, 5.74) is 5.02. The van der Waals surface area contributed by atoms with Crippen LogP contribution in [0.15, 0.2) is 77.6 Å². The van der Waals surface area contributed by atoms with Crippen molar-refractivity contribution in [3.8, 4) is 22.4 Å². The van der Waals surface area contributed by atoms with Crippen molar-refractivity contribution in [2.75, 3.05) is 5.32 Å². The number of halogens is 1. The van der Waals surface area contributed by atoms with Gasteiger partial charge in [-0.05, 0) is 36.2 Å². The van der Waals surface area contributed by atoms with Gasteiger partial charge in [-0.1, -0.05) is 64.8 Å². The molecule has 0 radical (unpaired) electrons. The minimum absolute atomic E-state index is 0.135. The van der Waals surface area contributed by atoms with Crippen molar-refractivity contribution in [3.63, 3.8) is 0 Å². The molecule has 0 aliphatic rings. The first-order chi connectivity index (χ1) is 14.1. The lowest BCUT2D eigenvalue weighted by Crippen LogP contribution is -2.14. The fraction of sp³-hybridized carbons (Fsp3) is 0.0870. The molecule has 4 aromatic rings. The number of hydrogen-bond acceptors (Lipinski definition) is 4. The van der Waals surface area contributed by atoms with E-state index < -0.39 is 0 Å². The van der Waals surface area contributed by atoms with Gasteiger partial charge in [0.2, 0.25) is 11.8 Å². The molecule has 0 aliphatic heterocycles. The van der Waals surface area contributed by atoms with Crippen LogP contribution in [0, 0.1) is 6.92 Å². The lowest BCUT2D eigenvalue weighted by atomic mass is 10.0. The van der Waals surface area contributed by atoms with Crippen LogP contribution in [-0.2, 0) is 11.2 Å². The molecule has 2 aromatic heterocycles. The molecule has 1 amide bonds. The Morgan fingerprint density at radius 2 is 1.72 bits per heavy atom. The molecule has 2 aromatic carbocycles. The molecule has 2 heterocycles. The third-order valence-corrected chi connectivity index (χ3v) is 4.92. The normalized spacial score (nSPS) is 10.7. The summed E-state index contributed by atoms with van der Waals surface area (Å²) in [5.74, 6) is 0.0591. The fourth-order valence-corrected chi connectivity index (χ4v) is 3.26. The van der Waals surface area contributed by atoms with Crippen molar-refractivity contribution < 1.29 is 9.32 Å². The van der Waals surface area contributed by atoms with E-state index in [0.717, 1.165) is 22.3 Å². The zero-order chi connectivity index (χ0) is 20.2. The van der Waals surface area contributed by atoms with Crippen molar-refractivity contribution in [2.24, 2.45) is 0 Å². The molecule has 0 spiro atoms. The summed E-state index contributed by atoms with van der Waals surface area (Å²) >= 11 is 6.17. The van der Waals surface area contributed by atoms with Gasteiger partial charge in [-0.15, -0.1) is 0 Å². The van der Waals surface area contributed by atoms with Gasteiger partial charge >= 0.3 is 0 Å². The third-order valence-electron chi connectivity index (χ3n) is 4.55. The minimum Gasteiger partial charge on any atom is -0.337 e. The summed E-state index contributed by atoms with van der Waals surface area (Å²) in [6.45, 7) is 2.02. The second-order valence-corrected chi connectivity index (χ2v) is 7.06. The quantitative estimate of drug-likeness (QED) is 0.474. The maximum Gasteiger partial charge on any atom is 0.239 e. The van der Waals surface area contributed by atoms with Gasteiger partial charge in [0.1, 0.15) is 5.69 Å². The first kappa shape index (κ1) is 18.9. The molecule has 6 heteroatoms. The van der Waals surface area contributed by atoms with Crippen LogP contribution >= 0.6 is 11.6 Å². The SMILES string of the molecule is Cc1ccc(-c2noc(NC(=O)Cc3ccccc3Cl)c2-c2ccncc2)cc1. The molecule has 0 atom stereocenters. The van der Waals surface area contributed by atoms with E-state index in [-0.39, 0.29) is 12.3 Å². The highest BCUT2D eigenvalue weighted by molar-refractivity contribution is 6.31. The van der Waals surface area contributed by atoms with Gasteiger partial charge < -0.3 is 4.52 Å². The van der Waals surface area contributed by atoms with Crippen LogP contribution in [0.2, 0.25) is 5.02 Å². The largest absolute Gasteiger partial charge is 0.337 e.